The van der Waals surface area contributed by atoms with Gasteiger partial charge in [0.1, 0.15) is 0 Å². The molecule has 0 bridgehead atoms. The van der Waals surface area contributed by atoms with Gasteiger partial charge in [0, 0.05) is 0 Å². The molecule has 0 aliphatic heterocycles. The van der Waals surface area contributed by atoms with Crippen LogP contribution in [0.3, 0.4) is 0 Å². The van der Waals surface area contributed by atoms with Crippen molar-refractivity contribution in [1.82, 2.24) is 4.98 Å². The summed E-state index contributed by atoms with van der Waals surface area (Å²) < 4.78 is 2.33. The van der Waals surface area contributed by atoms with Gasteiger partial charge in [0.2, 0.25) is 0 Å². The summed E-state index contributed by atoms with van der Waals surface area (Å²) in [5.74, 6) is 0. The van der Waals surface area contributed by atoms with Crippen LogP contribution >= 0.6 is 23.1 Å². The van der Waals surface area contributed by atoms with Gasteiger partial charge in [-0.25, -0.2) is 4.98 Å². The van der Waals surface area contributed by atoms with Gasteiger partial charge in [0.15, 0.2) is 4.34 Å². The molecule has 0 atom stereocenters. The van der Waals surface area contributed by atoms with Crippen molar-refractivity contribution in [3.63, 3.8) is 0 Å². The van der Waals surface area contributed by atoms with Crippen molar-refractivity contribution in [1.29, 1.82) is 0 Å². The van der Waals surface area contributed by atoms with Crippen LogP contribution in [0.1, 0.15) is 11.1 Å². The van der Waals surface area contributed by atoms with Gasteiger partial charge in [-0.1, -0.05) is 18.3 Å². The normalized spacial score (nSPS) is 10.7. The van der Waals surface area contributed by atoms with E-state index < -0.39 is 0 Å². The van der Waals surface area contributed by atoms with E-state index in [0.717, 1.165) is 9.86 Å². The van der Waals surface area contributed by atoms with E-state index in [1.54, 1.807) is 23.1 Å². The Bertz CT molecular complexity index is 446. The molecular formula is C11H11NS2. The SMILES string of the molecule is C=CSc1nc2cc(C)c(C)cc2s1. The molecule has 0 N–H and O–H groups in total. The third-order valence-electron chi connectivity index (χ3n) is 2.17. The number of aryl methyl sites for hydroxylation is 2. The summed E-state index contributed by atoms with van der Waals surface area (Å²) in [6.07, 6.45) is 0. The van der Waals surface area contributed by atoms with Crippen LogP contribution in [0, 0.1) is 13.8 Å². The van der Waals surface area contributed by atoms with E-state index in [0.29, 0.717) is 0 Å². The molecule has 72 valence electrons. The van der Waals surface area contributed by atoms with E-state index in [1.165, 1.54) is 15.8 Å². The molecule has 0 saturated carbocycles. The fraction of sp³-hybridized carbons (Fsp3) is 0.182. The topological polar surface area (TPSA) is 12.9 Å². The Labute approximate surface area is 91.9 Å². The number of rotatable bonds is 2. The number of hydrogen-bond acceptors (Lipinski definition) is 3. The van der Waals surface area contributed by atoms with Crippen molar-refractivity contribution in [2.24, 2.45) is 0 Å². The Kier molecular flexibility index (Phi) is 2.61. The average Bonchev–Trinajstić information content (AvgIpc) is 2.48. The van der Waals surface area contributed by atoms with Crippen molar-refractivity contribution in [2.75, 3.05) is 0 Å². The van der Waals surface area contributed by atoms with Crippen LogP contribution in [0.4, 0.5) is 0 Å². The van der Waals surface area contributed by atoms with Crippen molar-refractivity contribution < 1.29 is 0 Å². The fourth-order valence-corrected chi connectivity index (χ4v) is 3.02. The van der Waals surface area contributed by atoms with Crippen LogP contribution in [0.5, 0.6) is 0 Å². The van der Waals surface area contributed by atoms with E-state index >= 15 is 0 Å². The lowest BCUT2D eigenvalue weighted by Gasteiger charge is -1.96. The van der Waals surface area contributed by atoms with Gasteiger partial charge < -0.3 is 0 Å². The molecular weight excluding hydrogens is 210 g/mol. The van der Waals surface area contributed by atoms with Crippen molar-refractivity contribution in [3.05, 3.63) is 35.2 Å². The van der Waals surface area contributed by atoms with Crippen molar-refractivity contribution in [2.45, 2.75) is 18.2 Å². The maximum Gasteiger partial charge on any atom is 0.155 e. The summed E-state index contributed by atoms with van der Waals surface area (Å²) in [5, 5.41) is 1.82. The predicted molar refractivity (Wildman–Crippen MR) is 65.1 cm³/mol. The van der Waals surface area contributed by atoms with Crippen LogP contribution in [-0.4, -0.2) is 4.98 Å². The highest BCUT2D eigenvalue weighted by atomic mass is 32.2. The second-order valence-electron chi connectivity index (χ2n) is 3.17. The fourth-order valence-electron chi connectivity index (χ4n) is 1.28. The smallest absolute Gasteiger partial charge is 0.155 e. The first-order valence-corrected chi connectivity index (χ1v) is 6.05. The van der Waals surface area contributed by atoms with E-state index in [2.05, 4.69) is 37.5 Å². The van der Waals surface area contributed by atoms with Gasteiger partial charge in [0.25, 0.3) is 0 Å². The summed E-state index contributed by atoms with van der Waals surface area (Å²) in [5.41, 5.74) is 3.73. The van der Waals surface area contributed by atoms with Crippen molar-refractivity contribution in [3.8, 4) is 0 Å². The summed E-state index contributed by atoms with van der Waals surface area (Å²) >= 11 is 3.31. The third-order valence-corrected chi connectivity index (χ3v) is 3.98. The highest BCUT2D eigenvalue weighted by molar-refractivity contribution is 8.03. The van der Waals surface area contributed by atoms with Crippen molar-refractivity contribution >= 4 is 33.3 Å². The van der Waals surface area contributed by atoms with E-state index in [4.69, 9.17) is 0 Å². The zero-order valence-corrected chi connectivity index (χ0v) is 9.84. The molecule has 3 heteroatoms. The zero-order chi connectivity index (χ0) is 10.1. The molecule has 2 rings (SSSR count). The number of benzene rings is 1. The number of nitrogens with zero attached hydrogens (tertiary/aromatic N) is 1. The largest absolute Gasteiger partial charge is 0.229 e. The molecule has 0 aliphatic rings. The second-order valence-corrected chi connectivity index (χ2v) is 5.41. The second kappa shape index (κ2) is 3.75. The van der Waals surface area contributed by atoms with Gasteiger partial charge in [0.05, 0.1) is 10.2 Å². The number of hydrogen-bond donors (Lipinski definition) is 0. The minimum Gasteiger partial charge on any atom is -0.229 e. The maximum absolute atomic E-state index is 4.51. The lowest BCUT2D eigenvalue weighted by Crippen LogP contribution is -1.79. The molecule has 2 aromatic rings. The van der Waals surface area contributed by atoms with Gasteiger partial charge in [-0.05, 0) is 42.5 Å². The summed E-state index contributed by atoms with van der Waals surface area (Å²) in [4.78, 5) is 4.51. The van der Waals surface area contributed by atoms with Gasteiger partial charge >= 0.3 is 0 Å². The van der Waals surface area contributed by atoms with Gasteiger partial charge in [-0.2, -0.15) is 0 Å². The summed E-state index contributed by atoms with van der Waals surface area (Å²) in [7, 11) is 0. The number of thiazole rings is 1. The number of thioether (sulfide) groups is 1. The number of fused-ring (bicyclic) bond motifs is 1. The van der Waals surface area contributed by atoms with Crippen LogP contribution in [0.25, 0.3) is 10.2 Å². The predicted octanol–water partition coefficient (Wildman–Crippen LogP) is 4.15. The molecule has 0 aliphatic carbocycles. The molecule has 14 heavy (non-hydrogen) atoms. The molecule has 1 aromatic heterocycles. The summed E-state index contributed by atoms with van der Waals surface area (Å²) in [6.45, 7) is 7.94. The molecule has 0 unspecified atom stereocenters. The zero-order valence-electron chi connectivity index (χ0n) is 8.20. The third kappa shape index (κ3) is 1.70. The van der Waals surface area contributed by atoms with E-state index in [9.17, 15) is 0 Å². The van der Waals surface area contributed by atoms with E-state index in [1.807, 2.05) is 5.41 Å². The van der Waals surface area contributed by atoms with Crippen LogP contribution < -0.4 is 0 Å². The monoisotopic (exact) mass is 221 g/mol. The molecule has 0 radical (unpaired) electrons. The first-order valence-electron chi connectivity index (χ1n) is 4.36. The molecule has 0 amide bonds. The Morgan fingerprint density at radius 2 is 2.07 bits per heavy atom. The lowest BCUT2D eigenvalue weighted by molar-refractivity contribution is 1.29. The molecule has 0 saturated heterocycles. The molecule has 1 heterocycles. The van der Waals surface area contributed by atoms with Crippen LogP contribution in [0.15, 0.2) is 28.5 Å². The highest BCUT2D eigenvalue weighted by Crippen LogP contribution is 2.31. The highest BCUT2D eigenvalue weighted by Gasteiger charge is 2.04. The Hall–Kier alpha value is -0.800. The Morgan fingerprint density at radius 3 is 2.79 bits per heavy atom. The maximum atomic E-state index is 4.51. The minimum absolute atomic E-state index is 1.07. The van der Waals surface area contributed by atoms with E-state index in [-0.39, 0.29) is 0 Å². The average molecular weight is 221 g/mol. The quantitative estimate of drug-likeness (QED) is 0.707. The standard InChI is InChI=1S/C11H11NS2/c1-4-13-11-12-9-5-7(2)8(3)6-10(9)14-11/h4-6H,1H2,2-3H3. The van der Waals surface area contributed by atoms with Gasteiger partial charge in [-0.3, -0.25) is 0 Å². The summed E-state index contributed by atoms with van der Waals surface area (Å²) in [6, 6.07) is 4.35. The Balaban J connectivity index is 2.59. The molecule has 0 spiro atoms. The molecule has 1 aromatic carbocycles. The minimum atomic E-state index is 1.07. The van der Waals surface area contributed by atoms with Crippen LogP contribution in [0.2, 0.25) is 0 Å². The lowest BCUT2D eigenvalue weighted by atomic mass is 10.1. The van der Waals surface area contributed by atoms with Crippen LogP contribution in [-0.2, 0) is 0 Å². The Morgan fingerprint density at radius 1 is 1.36 bits per heavy atom. The number of aromatic nitrogens is 1. The first-order chi connectivity index (χ1) is 6.70. The van der Waals surface area contributed by atoms with Gasteiger partial charge in [-0.15, -0.1) is 11.3 Å². The first kappa shape index (κ1) is 9.74. The molecule has 0 fully saturated rings. The molecule has 1 nitrogen and oxygen atoms in total.